The van der Waals surface area contributed by atoms with Crippen LogP contribution in [0.1, 0.15) is 0 Å². The first-order valence-corrected chi connectivity index (χ1v) is 30.4. The van der Waals surface area contributed by atoms with E-state index in [2.05, 4.69) is 303 Å². The molecule has 0 radical (unpaired) electrons. The highest BCUT2D eigenvalue weighted by atomic mass is 16.3. The molecule has 2 nitrogen and oxygen atoms in total. The minimum absolute atomic E-state index is 0.880. The van der Waals surface area contributed by atoms with Crippen LogP contribution in [0.25, 0.3) is 197 Å². The Morgan fingerprint density at radius 1 is 0.159 bits per heavy atom. The van der Waals surface area contributed by atoms with Gasteiger partial charge in [-0.2, -0.15) is 0 Å². The predicted molar refractivity (Wildman–Crippen MR) is 374 cm³/mol. The zero-order valence-corrected chi connectivity index (χ0v) is 47.7. The van der Waals surface area contributed by atoms with Crippen molar-refractivity contribution in [1.82, 2.24) is 0 Å². The third-order valence-electron chi connectivity index (χ3n) is 19.0. The summed E-state index contributed by atoms with van der Waals surface area (Å²) in [6, 6.07) is 112. The quantitative estimate of drug-likeness (QED) is 0.155. The number of rotatable bonds is 6. The summed E-state index contributed by atoms with van der Waals surface area (Å²) in [6.07, 6.45) is 0. The lowest BCUT2D eigenvalue weighted by atomic mass is 9.82. The molecule has 0 unspecified atom stereocenters. The summed E-state index contributed by atoms with van der Waals surface area (Å²) >= 11 is 0. The highest BCUT2D eigenvalue weighted by Gasteiger charge is 2.23. The van der Waals surface area contributed by atoms with E-state index in [1.54, 1.807) is 0 Å². The van der Waals surface area contributed by atoms with Gasteiger partial charge in [-0.25, -0.2) is 0 Å². The summed E-state index contributed by atoms with van der Waals surface area (Å²) in [5.74, 6) is 0. The summed E-state index contributed by atoms with van der Waals surface area (Å²) in [7, 11) is 0. The Labute approximate surface area is 506 Å². The van der Waals surface area contributed by atoms with Crippen LogP contribution >= 0.6 is 0 Å². The smallest absolute Gasteiger partial charge is 0.143 e. The Bertz CT molecular complexity index is 6190. The van der Waals surface area contributed by atoms with E-state index in [9.17, 15) is 0 Å². The van der Waals surface area contributed by atoms with Crippen molar-refractivity contribution in [3.05, 3.63) is 303 Å². The van der Waals surface area contributed by atoms with Crippen LogP contribution in [-0.4, -0.2) is 0 Å². The van der Waals surface area contributed by atoms with Crippen molar-refractivity contribution in [3.8, 4) is 66.8 Å². The van der Waals surface area contributed by atoms with Gasteiger partial charge in [-0.15, -0.1) is 0 Å². The van der Waals surface area contributed by atoms with E-state index in [1.165, 1.54) is 109 Å². The summed E-state index contributed by atoms with van der Waals surface area (Å²) in [5, 5.41) is 23.6. The van der Waals surface area contributed by atoms with Gasteiger partial charge in [-0.3, -0.25) is 0 Å². The summed E-state index contributed by atoms with van der Waals surface area (Å²) in [5.41, 5.74) is 17.7. The number of hydrogen-bond acceptors (Lipinski definition) is 2. The molecule has 0 spiro atoms. The fourth-order valence-electron chi connectivity index (χ4n) is 14.9. The summed E-state index contributed by atoms with van der Waals surface area (Å²) in [4.78, 5) is 0. The fraction of sp³-hybridized carbons (Fsp3) is 0. The van der Waals surface area contributed by atoms with Gasteiger partial charge >= 0.3 is 0 Å². The molecule has 2 heterocycles. The van der Waals surface area contributed by atoms with Crippen molar-refractivity contribution < 1.29 is 8.83 Å². The predicted octanol–water partition coefficient (Wildman–Crippen LogP) is 24.7. The topological polar surface area (TPSA) is 26.3 Å². The molecular formula is C86H50O2. The lowest BCUT2D eigenvalue weighted by Crippen LogP contribution is -1.94. The second-order valence-corrected chi connectivity index (χ2v) is 23.7. The van der Waals surface area contributed by atoms with Crippen molar-refractivity contribution in [3.63, 3.8) is 0 Å². The summed E-state index contributed by atoms with van der Waals surface area (Å²) < 4.78 is 13.6. The fourth-order valence-corrected chi connectivity index (χ4v) is 14.9. The number of benzene rings is 17. The first-order chi connectivity index (χ1) is 43.6. The molecule has 2 heteroatoms. The molecule has 0 fully saturated rings. The van der Waals surface area contributed by atoms with Crippen LogP contribution in [0.4, 0.5) is 0 Å². The maximum absolute atomic E-state index is 6.89. The van der Waals surface area contributed by atoms with Gasteiger partial charge in [0.25, 0.3) is 0 Å². The van der Waals surface area contributed by atoms with Crippen molar-refractivity contribution in [2.24, 2.45) is 0 Å². The molecule has 0 saturated heterocycles. The largest absolute Gasteiger partial charge is 0.455 e. The van der Waals surface area contributed by atoms with Crippen molar-refractivity contribution in [1.29, 1.82) is 0 Å². The average Bonchev–Trinajstić information content (AvgIpc) is 1.51. The number of fused-ring (bicyclic) bond motifs is 16. The minimum Gasteiger partial charge on any atom is -0.455 e. The molecule has 0 aliphatic heterocycles. The third kappa shape index (κ3) is 7.36. The summed E-state index contributed by atoms with van der Waals surface area (Å²) in [6.45, 7) is 0. The van der Waals surface area contributed by atoms with E-state index >= 15 is 0 Å². The van der Waals surface area contributed by atoms with E-state index in [0.717, 1.165) is 88.0 Å². The molecule has 2 aromatic heterocycles. The Hall–Kier alpha value is -11.6. The van der Waals surface area contributed by atoms with Crippen LogP contribution in [0.5, 0.6) is 0 Å². The van der Waals surface area contributed by atoms with Gasteiger partial charge < -0.3 is 8.83 Å². The Kier molecular flexibility index (Phi) is 10.5. The van der Waals surface area contributed by atoms with Crippen LogP contribution in [-0.2, 0) is 0 Å². The third-order valence-corrected chi connectivity index (χ3v) is 19.0. The van der Waals surface area contributed by atoms with Gasteiger partial charge in [-0.05, 0) is 203 Å². The molecule has 19 aromatic rings. The van der Waals surface area contributed by atoms with Crippen LogP contribution in [0.3, 0.4) is 0 Å². The van der Waals surface area contributed by atoms with Crippen LogP contribution in [0.15, 0.2) is 312 Å². The Morgan fingerprint density at radius 3 is 1.10 bits per heavy atom. The SMILES string of the molecule is c1cc(-c2ccc3c(c2)oc2c4ccccc4ccc32)cc(-c2c3ccccc3c(-c3cccc4ccccc34)c3ccc(-c4ccc5c(-c6ccc7c(c6)oc6c8ccccc8ccc76)c6ccccc6c(-c6ccc7ccccc7c6)c5c4)cc23)c1. The molecule has 0 aliphatic carbocycles. The van der Waals surface area contributed by atoms with E-state index in [4.69, 9.17) is 8.83 Å². The van der Waals surface area contributed by atoms with E-state index in [1.807, 2.05) is 0 Å². The van der Waals surface area contributed by atoms with E-state index < -0.39 is 0 Å². The van der Waals surface area contributed by atoms with Crippen molar-refractivity contribution in [2.45, 2.75) is 0 Å². The van der Waals surface area contributed by atoms with E-state index in [-0.39, 0.29) is 0 Å². The standard InChI is InChI=1S/C86H50O2/c1-2-19-55-45-61(32-31-51(55)15-1)83-70-27-10-9-26-69(70)81(62-38-40-67-76-44-34-54-18-5-8-25-65(54)86(76)88-80(67)50-62)73-41-36-57(47-77(73)83)58-37-42-74-78(48-58)82(71-28-11-12-29-72(71)84(74)68-30-14-20-52-16-3-6-23-63(52)68)60-22-13-21-56(46-60)59-35-39-66-75-43-33-53-17-4-7-24-64(53)85(75)87-79(66)49-59/h1-50H. The molecule has 406 valence electrons. The lowest BCUT2D eigenvalue weighted by molar-refractivity contribution is 0.672. The molecule has 0 bridgehead atoms. The molecule has 0 N–H and O–H groups in total. The average molecular weight is 1120 g/mol. The normalized spacial score (nSPS) is 12.1. The lowest BCUT2D eigenvalue weighted by Gasteiger charge is -2.21. The zero-order chi connectivity index (χ0) is 57.6. The monoisotopic (exact) mass is 1110 g/mol. The second kappa shape index (κ2) is 19.0. The Morgan fingerprint density at radius 2 is 0.500 bits per heavy atom. The highest BCUT2D eigenvalue weighted by molar-refractivity contribution is 6.26. The molecule has 17 aromatic carbocycles. The molecule has 0 aliphatic rings. The second-order valence-electron chi connectivity index (χ2n) is 23.7. The van der Waals surface area contributed by atoms with Crippen LogP contribution < -0.4 is 0 Å². The van der Waals surface area contributed by atoms with Gasteiger partial charge in [-0.1, -0.05) is 243 Å². The van der Waals surface area contributed by atoms with Crippen LogP contribution in [0, 0.1) is 0 Å². The van der Waals surface area contributed by atoms with Gasteiger partial charge in [0.05, 0.1) is 0 Å². The maximum Gasteiger partial charge on any atom is 0.143 e. The molecule has 0 atom stereocenters. The first kappa shape index (κ1) is 48.8. The minimum atomic E-state index is 0.880. The molecular weight excluding hydrogens is 1060 g/mol. The molecule has 19 rings (SSSR count). The zero-order valence-electron chi connectivity index (χ0n) is 47.7. The number of furan rings is 2. The van der Waals surface area contributed by atoms with Gasteiger partial charge in [0.2, 0.25) is 0 Å². The molecule has 0 amide bonds. The first-order valence-electron chi connectivity index (χ1n) is 30.4. The van der Waals surface area contributed by atoms with Gasteiger partial charge in [0.15, 0.2) is 0 Å². The van der Waals surface area contributed by atoms with Crippen LogP contribution in [0.2, 0.25) is 0 Å². The van der Waals surface area contributed by atoms with Crippen molar-refractivity contribution >= 4 is 130 Å². The van der Waals surface area contributed by atoms with Gasteiger partial charge in [0, 0.05) is 32.3 Å². The van der Waals surface area contributed by atoms with Gasteiger partial charge in [0.1, 0.15) is 22.3 Å². The maximum atomic E-state index is 6.89. The highest BCUT2D eigenvalue weighted by Crippen LogP contribution is 2.50. The Balaban J connectivity index is 0.852. The molecule has 0 saturated carbocycles. The van der Waals surface area contributed by atoms with Crippen molar-refractivity contribution in [2.75, 3.05) is 0 Å². The van der Waals surface area contributed by atoms with E-state index in [0.29, 0.717) is 0 Å². The number of hydrogen-bond donors (Lipinski definition) is 0. The molecule has 88 heavy (non-hydrogen) atoms.